The first-order valence-electron chi connectivity index (χ1n) is 8.29. The van der Waals surface area contributed by atoms with Crippen molar-refractivity contribution in [2.24, 2.45) is 0 Å². The second kappa shape index (κ2) is 8.45. The van der Waals surface area contributed by atoms with Crippen LogP contribution >= 0.6 is 0 Å². The maximum Gasteiger partial charge on any atom is 0.326 e. The molecule has 0 saturated carbocycles. The quantitative estimate of drug-likeness (QED) is 0.422. The summed E-state index contributed by atoms with van der Waals surface area (Å²) in [4.78, 5) is 53.3. The van der Waals surface area contributed by atoms with Crippen LogP contribution in [0.5, 0.6) is 0 Å². The van der Waals surface area contributed by atoms with Gasteiger partial charge in [0.1, 0.15) is 0 Å². The highest BCUT2D eigenvalue weighted by Crippen LogP contribution is 2.12. The van der Waals surface area contributed by atoms with E-state index in [1.54, 1.807) is 0 Å². The van der Waals surface area contributed by atoms with Gasteiger partial charge in [0.2, 0.25) is 0 Å². The van der Waals surface area contributed by atoms with Gasteiger partial charge in [-0.1, -0.05) is 60.7 Å². The van der Waals surface area contributed by atoms with Crippen molar-refractivity contribution >= 4 is 0 Å². The Labute approximate surface area is 157 Å². The van der Waals surface area contributed by atoms with E-state index in [1.807, 2.05) is 60.7 Å². The van der Waals surface area contributed by atoms with Gasteiger partial charge >= 0.3 is 11.4 Å². The molecule has 0 unspecified atom stereocenters. The highest BCUT2D eigenvalue weighted by Gasteiger charge is 1.99. The van der Waals surface area contributed by atoms with E-state index in [-0.39, 0.29) is 0 Å². The fourth-order valence-electron chi connectivity index (χ4n) is 2.48. The van der Waals surface area contributed by atoms with E-state index in [4.69, 9.17) is 0 Å². The molecule has 8 heteroatoms. The normalized spacial score (nSPS) is 10.0. The molecule has 0 saturated heterocycles. The minimum Gasteiger partial charge on any atom is -0.307 e. The van der Waals surface area contributed by atoms with Gasteiger partial charge in [0.25, 0.3) is 11.1 Å². The molecule has 0 fully saturated rings. The molecule has 4 rings (SSSR count). The van der Waals surface area contributed by atoms with Crippen LogP contribution in [0.15, 0.2) is 92.0 Å². The predicted octanol–water partition coefficient (Wildman–Crippen LogP) is 1.46. The molecule has 0 amide bonds. The molecule has 2 heterocycles. The SMILES string of the molecule is O=c1cc(-c2ccccc2)[nH]c(=O)[nH]1.O=c1cc(-c2ccccc2)[nH]c(=O)[nH]1. The maximum atomic E-state index is 11.0. The number of rotatable bonds is 2. The first-order valence-corrected chi connectivity index (χ1v) is 8.29. The molecule has 8 nitrogen and oxygen atoms in total. The van der Waals surface area contributed by atoms with E-state index in [1.165, 1.54) is 12.1 Å². The smallest absolute Gasteiger partial charge is 0.307 e. The van der Waals surface area contributed by atoms with Gasteiger partial charge in [0.15, 0.2) is 0 Å². The molecule has 140 valence electrons. The van der Waals surface area contributed by atoms with Crippen LogP contribution in [-0.4, -0.2) is 19.9 Å². The number of H-pyrrole nitrogens is 4. The van der Waals surface area contributed by atoms with Crippen LogP contribution in [-0.2, 0) is 0 Å². The molecule has 0 aliphatic heterocycles. The van der Waals surface area contributed by atoms with E-state index in [9.17, 15) is 19.2 Å². The molecular formula is C20H16N4O4. The van der Waals surface area contributed by atoms with E-state index >= 15 is 0 Å². The van der Waals surface area contributed by atoms with Crippen LogP contribution in [0.2, 0.25) is 0 Å². The Morgan fingerprint density at radius 2 is 0.821 bits per heavy atom. The van der Waals surface area contributed by atoms with Crippen LogP contribution in [0.1, 0.15) is 0 Å². The largest absolute Gasteiger partial charge is 0.326 e. The molecule has 0 bridgehead atoms. The van der Waals surface area contributed by atoms with Crippen LogP contribution in [0.4, 0.5) is 0 Å². The first kappa shape index (κ1) is 18.6. The zero-order valence-electron chi connectivity index (χ0n) is 14.6. The number of hydrogen-bond donors (Lipinski definition) is 4. The summed E-state index contributed by atoms with van der Waals surface area (Å²) in [6.07, 6.45) is 0. The highest BCUT2D eigenvalue weighted by atomic mass is 16.2. The zero-order chi connectivity index (χ0) is 19.9. The van der Waals surface area contributed by atoms with Gasteiger partial charge in [-0.25, -0.2) is 9.59 Å². The van der Waals surface area contributed by atoms with Crippen LogP contribution in [0.3, 0.4) is 0 Å². The molecule has 0 aliphatic carbocycles. The van der Waals surface area contributed by atoms with Crippen LogP contribution in [0, 0.1) is 0 Å². The highest BCUT2D eigenvalue weighted by molar-refractivity contribution is 5.58. The minimum absolute atomic E-state index is 0.396. The number of benzene rings is 2. The summed E-state index contributed by atoms with van der Waals surface area (Å²) >= 11 is 0. The Hall–Kier alpha value is -4.20. The van der Waals surface area contributed by atoms with Gasteiger partial charge < -0.3 is 9.97 Å². The summed E-state index contributed by atoms with van der Waals surface area (Å²) in [7, 11) is 0. The van der Waals surface area contributed by atoms with Crippen LogP contribution < -0.4 is 22.5 Å². The third kappa shape index (κ3) is 4.92. The van der Waals surface area contributed by atoms with Crippen molar-refractivity contribution < 1.29 is 0 Å². The van der Waals surface area contributed by atoms with Gasteiger partial charge in [-0.3, -0.25) is 19.6 Å². The summed E-state index contributed by atoms with van der Waals surface area (Å²) in [6.45, 7) is 0. The third-order valence-corrected chi connectivity index (χ3v) is 3.69. The molecule has 0 spiro atoms. The lowest BCUT2D eigenvalue weighted by atomic mass is 10.1. The lowest BCUT2D eigenvalue weighted by Gasteiger charge is -1.98. The Balaban J connectivity index is 0.000000161. The molecule has 0 radical (unpaired) electrons. The van der Waals surface area contributed by atoms with Crippen molar-refractivity contribution in [3.8, 4) is 22.5 Å². The maximum absolute atomic E-state index is 11.0. The Bertz CT molecular complexity index is 1130. The Morgan fingerprint density at radius 3 is 1.14 bits per heavy atom. The molecule has 4 N–H and O–H groups in total. The summed E-state index contributed by atoms with van der Waals surface area (Å²) < 4.78 is 0. The minimum atomic E-state index is -0.489. The Morgan fingerprint density at radius 1 is 0.464 bits per heavy atom. The van der Waals surface area contributed by atoms with Gasteiger partial charge in [0.05, 0.1) is 11.4 Å². The summed E-state index contributed by atoms with van der Waals surface area (Å²) in [5, 5.41) is 0. The lowest BCUT2D eigenvalue weighted by Crippen LogP contribution is -2.21. The summed E-state index contributed by atoms with van der Waals surface area (Å²) in [5.41, 5.74) is 0.915. The van der Waals surface area contributed by atoms with Crippen molar-refractivity contribution in [2.45, 2.75) is 0 Å². The third-order valence-electron chi connectivity index (χ3n) is 3.69. The van der Waals surface area contributed by atoms with Gasteiger partial charge in [-0.05, 0) is 11.1 Å². The fraction of sp³-hybridized carbons (Fsp3) is 0. The monoisotopic (exact) mass is 376 g/mol. The van der Waals surface area contributed by atoms with E-state index < -0.39 is 22.5 Å². The van der Waals surface area contributed by atoms with Crippen molar-refractivity contribution in [3.05, 3.63) is 114 Å². The molecule has 2 aromatic heterocycles. The van der Waals surface area contributed by atoms with Crippen LogP contribution in [0.25, 0.3) is 22.5 Å². The fourth-order valence-corrected chi connectivity index (χ4v) is 2.48. The van der Waals surface area contributed by atoms with Gasteiger partial charge in [-0.2, -0.15) is 0 Å². The first-order chi connectivity index (χ1) is 13.5. The molecule has 2 aromatic carbocycles. The van der Waals surface area contributed by atoms with Crippen molar-refractivity contribution in [1.82, 2.24) is 19.9 Å². The van der Waals surface area contributed by atoms with E-state index in [2.05, 4.69) is 19.9 Å². The Kier molecular flexibility index (Phi) is 5.61. The molecular weight excluding hydrogens is 360 g/mol. The second-order valence-corrected chi connectivity index (χ2v) is 5.73. The standard InChI is InChI=1S/2C10H8N2O2/c2*13-9-6-8(11-10(14)12-9)7-4-2-1-3-5-7/h2*1-6H,(H2,11,12,13,14). The topological polar surface area (TPSA) is 131 Å². The molecule has 4 aromatic rings. The lowest BCUT2D eigenvalue weighted by molar-refractivity contribution is 1.04. The van der Waals surface area contributed by atoms with E-state index in [0.717, 1.165) is 11.1 Å². The van der Waals surface area contributed by atoms with Gasteiger partial charge in [0, 0.05) is 12.1 Å². The second-order valence-electron chi connectivity index (χ2n) is 5.73. The molecule has 0 aliphatic rings. The molecule has 28 heavy (non-hydrogen) atoms. The van der Waals surface area contributed by atoms with Crippen molar-refractivity contribution in [1.29, 1.82) is 0 Å². The average molecular weight is 376 g/mol. The summed E-state index contributed by atoms with van der Waals surface area (Å²) in [6, 6.07) is 21.1. The average Bonchev–Trinajstić information content (AvgIpc) is 2.68. The summed E-state index contributed by atoms with van der Waals surface area (Å²) in [5.74, 6) is 0. The number of aromatic amines is 4. The van der Waals surface area contributed by atoms with Crippen molar-refractivity contribution in [2.75, 3.05) is 0 Å². The number of aromatic nitrogens is 4. The van der Waals surface area contributed by atoms with Gasteiger partial charge in [-0.15, -0.1) is 0 Å². The van der Waals surface area contributed by atoms with Crippen molar-refractivity contribution in [3.63, 3.8) is 0 Å². The number of hydrogen-bond acceptors (Lipinski definition) is 4. The molecule has 0 atom stereocenters. The number of nitrogens with one attached hydrogen (secondary N) is 4. The zero-order valence-corrected chi connectivity index (χ0v) is 14.6. The van der Waals surface area contributed by atoms with E-state index in [0.29, 0.717) is 11.4 Å². The predicted molar refractivity (Wildman–Crippen MR) is 106 cm³/mol.